The minimum absolute atomic E-state index is 0.141. The lowest BCUT2D eigenvalue weighted by Crippen LogP contribution is -2.42. The number of hydrogen-bond acceptors (Lipinski definition) is 3. The number of piperidine rings is 1. The molecule has 1 fully saturated rings. The second-order valence-corrected chi connectivity index (χ2v) is 5.48. The predicted octanol–water partition coefficient (Wildman–Crippen LogP) is 3.27. The first-order valence-electron chi connectivity index (χ1n) is 7.34. The Hall–Kier alpha value is -2.69. The van der Waals surface area contributed by atoms with Crippen molar-refractivity contribution in [3.63, 3.8) is 0 Å². The molecule has 1 aliphatic heterocycles. The average Bonchev–Trinajstić information content (AvgIpc) is 2.56. The first-order chi connectivity index (χ1) is 11.1. The Morgan fingerprint density at radius 1 is 0.957 bits per heavy atom. The third kappa shape index (κ3) is 3.08. The predicted molar refractivity (Wildman–Crippen MR) is 83.9 cm³/mol. The summed E-state index contributed by atoms with van der Waals surface area (Å²) in [7, 11) is 1.59. The van der Waals surface area contributed by atoms with Crippen molar-refractivity contribution in [1.29, 1.82) is 0 Å². The average molecular weight is 313 g/mol. The molecular formula is C18H16FNO3. The number of carbonyl (C=O) groups is 2. The highest BCUT2D eigenvalue weighted by molar-refractivity contribution is 6.17. The second kappa shape index (κ2) is 6.20. The highest BCUT2D eigenvalue weighted by Gasteiger charge is 2.34. The second-order valence-electron chi connectivity index (χ2n) is 5.48. The largest absolute Gasteiger partial charge is 0.497 e. The van der Waals surface area contributed by atoms with Crippen molar-refractivity contribution < 1.29 is 18.7 Å². The van der Waals surface area contributed by atoms with Crippen LogP contribution < -0.4 is 9.64 Å². The molecule has 0 aromatic heterocycles. The Labute approximate surface area is 133 Å². The first kappa shape index (κ1) is 15.2. The van der Waals surface area contributed by atoms with E-state index in [2.05, 4.69) is 0 Å². The van der Waals surface area contributed by atoms with Crippen molar-refractivity contribution in [2.45, 2.75) is 18.8 Å². The molecule has 118 valence electrons. The van der Waals surface area contributed by atoms with E-state index in [-0.39, 0.29) is 30.6 Å². The van der Waals surface area contributed by atoms with Crippen molar-refractivity contribution in [2.24, 2.45) is 0 Å². The maximum atomic E-state index is 13.0. The van der Waals surface area contributed by atoms with E-state index in [1.807, 2.05) is 24.3 Å². The van der Waals surface area contributed by atoms with Gasteiger partial charge in [-0.1, -0.05) is 12.1 Å². The highest BCUT2D eigenvalue weighted by atomic mass is 19.1. The summed E-state index contributed by atoms with van der Waals surface area (Å²) < 4.78 is 18.1. The van der Waals surface area contributed by atoms with Gasteiger partial charge in [0.05, 0.1) is 12.8 Å². The minimum atomic E-state index is -0.401. The van der Waals surface area contributed by atoms with E-state index in [0.29, 0.717) is 5.69 Å². The zero-order chi connectivity index (χ0) is 16.4. The lowest BCUT2D eigenvalue weighted by atomic mass is 9.88. The molecule has 1 saturated heterocycles. The van der Waals surface area contributed by atoms with Crippen LogP contribution >= 0.6 is 0 Å². The van der Waals surface area contributed by atoms with E-state index < -0.39 is 5.82 Å². The van der Waals surface area contributed by atoms with Gasteiger partial charge >= 0.3 is 0 Å². The molecule has 0 saturated carbocycles. The van der Waals surface area contributed by atoms with Crippen LogP contribution in [0.5, 0.6) is 5.75 Å². The summed E-state index contributed by atoms with van der Waals surface area (Å²) in [6.45, 7) is 0. The third-order valence-electron chi connectivity index (χ3n) is 4.01. The van der Waals surface area contributed by atoms with E-state index in [9.17, 15) is 14.0 Å². The number of halogens is 1. The summed E-state index contributed by atoms with van der Waals surface area (Å²) in [6.07, 6.45) is 0.491. The molecule has 4 nitrogen and oxygen atoms in total. The number of benzene rings is 2. The maximum absolute atomic E-state index is 13.0. The van der Waals surface area contributed by atoms with Crippen LogP contribution in [0.4, 0.5) is 10.1 Å². The number of anilines is 1. The van der Waals surface area contributed by atoms with Crippen LogP contribution in [0, 0.1) is 5.82 Å². The number of imide groups is 1. The van der Waals surface area contributed by atoms with Crippen LogP contribution in [0.2, 0.25) is 0 Å². The minimum Gasteiger partial charge on any atom is -0.497 e. The smallest absolute Gasteiger partial charge is 0.234 e. The quantitative estimate of drug-likeness (QED) is 0.817. The molecular weight excluding hydrogens is 297 g/mol. The van der Waals surface area contributed by atoms with Crippen LogP contribution in [0.1, 0.15) is 24.3 Å². The lowest BCUT2D eigenvalue weighted by molar-refractivity contribution is -0.129. The molecule has 5 heteroatoms. The summed E-state index contributed by atoms with van der Waals surface area (Å²) in [5, 5.41) is 0. The van der Waals surface area contributed by atoms with Gasteiger partial charge in [-0.25, -0.2) is 4.39 Å². The fourth-order valence-electron chi connectivity index (χ4n) is 2.81. The van der Waals surface area contributed by atoms with E-state index in [1.165, 1.54) is 24.3 Å². The van der Waals surface area contributed by atoms with Crippen molar-refractivity contribution in [2.75, 3.05) is 12.0 Å². The van der Waals surface area contributed by atoms with Crippen LogP contribution in [-0.2, 0) is 9.59 Å². The molecule has 3 rings (SSSR count). The van der Waals surface area contributed by atoms with Gasteiger partial charge in [-0.05, 0) is 42.0 Å². The Kier molecular flexibility index (Phi) is 4.10. The zero-order valence-corrected chi connectivity index (χ0v) is 12.7. The SMILES string of the molecule is COc1ccc(C2CC(=O)N(c3ccc(F)cc3)C(=O)C2)cc1. The summed E-state index contributed by atoms with van der Waals surface area (Å²) in [4.78, 5) is 25.9. The maximum Gasteiger partial charge on any atom is 0.234 e. The lowest BCUT2D eigenvalue weighted by Gasteiger charge is -2.30. The number of carbonyl (C=O) groups excluding carboxylic acids is 2. The van der Waals surface area contributed by atoms with E-state index in [0.717, 1.165) is 16.2 Å². The number of nitrogens with zero attached hydrogens (tertiary/aromatic N) is 1. The zero-order valence-electron chi connectivity index (χ0n) is 12.7. The Bertz CT molecular complexity index is 707. The summed E-state index contributed by atoms with van der Waals surface area (Å²) in [5.74, 6) is -0.350. The first-order valence-corrected chi connectivity index (χ1v) is 7.34. The van der Waals surface area contributed by atoms with Crippen molar-refractivity contribution >= 4 is 17.5 Å². The highest BCUT2D eigenvalue weighted by Crippen LogP contribution is 2.32. The molecule has 2 aromatic carbocycles. The fraction of sp³-hybridized carbons (Fsp3) is 0.222. The molecule has 0 N–H and O–H groups in total. The van der Waals surface area contributed by atoms with Gasteiger partial charge in [0.1, 0.15) is 11.6 Å². The summed E-state index contributed by atoms with van der Waals surface area (Å²) in [5.41, 5.74) is 1.35. The van der Waals surface area contributed by atoms with E-state index in [4.69, 9.17) is 4.74 Å². The van der Waals surface area contributed by atoms with Crippen LogP contribution in [-0.4, -0.2) is 18.9 Å². The van der Waals surface area contributed by atoms with Gasteiger partial charge in [0, 0.05) is 18.8 Å². The van der Waals surface area contributed by atoms with Crippen LogP contribution in [0.3, 0.4) is 0 Å². The molecule has 2 aromatic rings. The van der Waals surface area contributed by atoms with Gasteiger partial charge in [0.15, 0.2) is 0 Å². The van der Waals surface area contributed by atoms with Gasteiger partial charge in [0.2, 0.25) is 11.8 Å². The topological polar surface area (TPSA) is 46.6 Å². The van der Waals surface area contributed by atoms with Crippen LogP contribution in [0.15, 0.2) is 48.5 Å². The van der Waals surface area contributed by atoms with Gasteiger partial charge < -0.3 is 4.74 Å². The Morgan fingerprint density at radius 3 is 2.04 bits per heavy atom. The Balaban J connectivity index is 1.80. The summed E-state index contributed by atoms with van der Waals surface area (Å²) >= 11 is 0. The number of ether oxygens (including phenoxy) is 1. The van der Waals surface area contributed by atoms with Crippen molar-refractivity contribution in [3.8, 4) is 5.75 Å². The molecule has 2 amide bonds. The number of amides is 2. The van der Waals surface area contributed by atoms with Crippen molar-refractivity contribution in [1.82, 2.24) is 0 Å². The molecule has 0 radical (unpaired) electrons. The van der Waals surface area contributed by atoms with Gasteiger partial charge in [-0.3, -0.25) is 14.5 Å². The molecule has 0 spiro atoms. The number of hydrogen-bond donors (Lipinski definition) is 0. The monoisotopic (exact) mass is 313 g/mol. The van der Waals surface area contributed by atoms with E-state index in [1.54, 1.807) is 7.11 Å². The van der Waals surface area contributed by atoms with Crippen LogP contribution in [0.25, 0.3) is 0 Å². The van der Waals surface area contributed by atoms with Gasteiger partial charge in [-0.2, -0.15) is 0 Å². The molecule has 0 unspecified atom stereocenters. The number of rotatable bonds is 3. The fourth-order valence-corrected chi connectivity index (χ4v) is 2.81. The van der Waals surface area contributed by atoms with Crippen molar-refractivity contribution in [3.05, 3.63) is 59.9 Å². The van der Waals surface area contributed by atoms with Gasteiger partial charge in [0.25, 0.3) is 0 Å². The molecule has 23 heavy (non-hydrogen) atoms. The molecule has 0 bridgehead atoms. The normalized spacial score (nSPS) is 15.8. The number of methoxy groups -OCH3 is 1. The molecule has 0 aliphatic carbocycles. The van der Waals surface area contributed by atoms with Gasteiger partial charge in [-0.15, -0.1) is 0 Å². The summed E-state index contributed by atoms with van der Waals surface area (Å²) in [6, 6.07) is 12.7. The van der Waals surface area contributed by atoms with E-state index >= 15 is 0 Å². The standard InChI is InChI=1S/C18H16FNO3/c1-23-16-8-2-12(3-9-16)13-10-17(21)20(18(22)11-13)15-6-4-14(19)5-7-15/h2-9,13H,10-11H2,1H3. The molecule has 1 heterocycles. The molecule has 0 atom stereocenters. The Morgan fingerprint density at radius 2 is 1.52 bits per heavy atom. The molecule has 1 aliphatic rings. The third-order valence-corrected chi connectivity index (χ3v) is 4.01.